The molecule has 1 fully saturated rings. The second-order valence-electron chi connectivity index (χ2n) is 5.25. The highest BCUT2D eigenvalue weighted by Crippen LogP contribution is 2.24. The Labute approximate surface area is 130 Å². The lowest BCUT2D eigenvalue weighted by Gasteiger charge is -2.27. The van der Waals surface area contributed by atoms with Gasteiger partial charge in [0.25, 0.3) is 5.91 Å². The Hall–Kier alpha value is -1.59. The molecule has 1 aromatic heterocycles. The summed E-state index contributed by atoms with van der Waals surface area (Å²) in [6.07, 6.45) is 1.58. The van der Waals surface area contributed by atoms with E-state index in [-0.39, 0.29) is 5.91 Å². The number of amides is 1. The van der Waals surface area contributed by atoms with Crippen LogP contribution in [0, 0.1) is 0 Å². The summed E-state index contributed by atoms with van der Waals surface area (Å²) in [5.74, 6) is 0.597. The van der Waals surface area contributed by atoms with Crippen molar-refractivity contribution in [2.45, 2.75) is 6.92 Å². The fourth-order valence-electron chi connectivity index (χ4n) is 2.26. The molecule has 0 N–H and O–H groups in total. The standard InChI is InChI=1S/C15H20ClN3O2/c1-11(2)10-18(3)14-13(16)8-12(9-17-14)15(20)19-4-6-21-7-5-19/h8-9H,1,4-7,10H2,2-3H3. The van der Waals surface area contributed by atoms with Gasteiger partial charge in [0.05, 0.1) is 23.8 Å². The van der Waals surface area contributed by atoms with Crippen molar-refractivity contribution in [3.8, 4) is 0 Å². The molecule has 1 aliphatic heterocycles. The fraction of sp³-hybridized carbons (Fsp3) is 0.467. The molecule has 114 valence electrons. The summed E-state index contributed by atoms with van der Waals surface area (Å²) in [7, 11) is 1.90. The minimum absolute atomic E-state index is 0.0539. The maximum Gasteiger partial charge on any atom is 0.255 e. The van der Waals surface area contributed by atoms with Gasteiger partial charge >= 0.3 is 0 Å². The zero-order chi connectivity index (χ0) is 15.4. The number of anilines is 1. The molecule has 1 aromatic rings. The SMILES string of the molecule is C=C(C)CN(C)c1ncc(C(=O)N2CCOCC2)cc1Cl. The minimum atomic E-state index is -0.0539. The van der Waals surface area contributed by atoms with Crippen molar-refractivity contribution >= 4 is 23.3 Å². The Morgan fingerprint density at radius 1 is 1.52 bits per heavy atom. The van der Waals surface area contributed by atoms with Gasteiger partial charge in [-0.25, -0.2) is 4.98 Å². The van der Waals surface area contributed by atoms with Crippen molar-refractivity contribution in [2.75, 3.05) is 44.8 Å². The van der Waals surface area contributed by atoms with Gasteiger partial charge in [-0.3, -0.25) is 4.79 Å². The van der Waals surface area contributed by atoms with Crippen LogP contribution in [0.1, 0.15) is 17.3 Å². The monoisotopic (exact) mass is 309 g/mol. The summed E-state index contributed by atoms with van der Waals surface area (Å²) >= 11 is 6.26. The summed E-state index contributed by atoms with van der Waals surface area (Å²) in [6.45, 7) is 8.85. The Bertz CT molecular complexity index is 542. The van der Waals surface area contributed by atoms with Crippen molar-refractivity contribution < 1.29 is 9.53 Å². The Morgan fingerprint density at radius 3 is 2.76 bits per heavy atom. The van der Waals surface area contributed by atoms with Crippen LogP contribution in [0.2, 0.25) is 5.02 Å². The first-order valence-corrected chi connectivity index (χ1v) is 7.25. The van der Waals surface area contributed by atoms with Crippen molar-refractivity contribution in [2.24, 2.45) is 0 Å². The number of hydrogen-bond acceptors (Lipinski definition) is 4. The number of halogens is 1. The van der Waals surface area contributed by atoms with Crippen LogP contribution < -0.4 is 4.90 Å². The minimum Gasteiger partial charge on any atom is -0.378 e. The largest absolute Gasteiger partial charge is 0.378 e. The molecule has 0 radical (unpaired) electrons. The Balaban J connectivity index is 2.14. The molecule has 1 aliphatic rings. The van der Waals surface area contributed by atoms with E-state index in [9.17, 15) is 4.79 Å². The lowest BCUT2D eigenvalue weighted by molar-refractivity contribution is 0.0302. The number of likely N-dealkylation sites (N-methyl/N-ethyl adjacent to an activating group) is 1. The summed E-state index contributed by atoms with van der Waals surface area (Å²) < 4.78 is 5.25. The topological polar surface area (TPSA) is 45.7 Å². The van der Waals surface area contributed by atoms with Gasteiger partial charge in [0.2, 0.25) is 0 Å². The molecular formula is C15H20ClN3O2. The Kier molecular flexibility index (Phi) is 5.20. The van der Waals surface area contributed by atoms with Crippen LogP contribution >= 0.6 is 11.6 Å². The number of nitrogens with zero attached hydrogens (tertiary/aromatic N) is 3. The highest BCUT2D eigenvalue weighted by Gasteiger charge is 2.20. The van der Waals surface area contributed by atoms with E-state index in [0.717, 1.165) is 5.57 Å². The van der Waals surface area contributed by atoms with Gasteiger partial charge in [-0.15, -0.1) is 0 Å². The van der Waals surface area contributed by atoms with Gasteiger partial charge in [0.15, 0.2) is 0 Å². The number of morpholine rings is 1. The van der Waals surface area contributed by atoms with Crippen molar-refractivity contribution in [3.05, 3.63) is 35.0 Å². The van der Waals surface area contributed by atoms with E-state index in [4.69, 9.17) is 16.3 Å². The first kappa shape index (κ1) is 15.8. The highest BCUT2D eigenvalue weighted by atomic mass is 35.5. The van der Waals surface area contributed by atoms with Gasteiger partial charge in [-0.1, -0.05) is 23.8 Å². The normalized spacial score (nSPS) is 14.9. The first-order chi connectivity index (χ1) is 9.99. The molecule has 5 nitrogen and oxygen atoms in total. The molecular weight excluding hydrogens is 290 g/mol. The van der Waals surface area contributed by atoms with Crippen molar-refractivity contribution in [1.29, 1.82) is 0 Å². The van der Waals surface area contributed by atoms with E-state index < -0.39 is 0 Å². The van der Waals surface area contributed by atoms with Gasteiger partial charge in [0.1, 0.15) is 5.82 Å². The molecule has 0 aliphatic carbocycles. The molecule has 6 heteroatoms. The zero-order valence-electron chi connectivity index (χ0n) is 12.4. The van der Waals surface area contributed by atoms with E-state index in [1.807, 2.05) is 18.9 Å². The first-order valence-electron chi connectivity index (χ1n) is 6.87. The van der Waals surface area contributed by atoms with Crippen LogP contribution in [0.25, 0.3) is 0 Å². The predicted octanol–water partition coefficient (Wildman–Crippen LogP) is 2.22. The van der Waals surface area contributed by atoms with Crippen LogP contribution in [0.15, 0.2) is 24.4 Å². The quantitative estimate of drug-likeness (QED) is 0.800. The van der Waals surface area contributed by atoms with Gasteiger partial charge in [-0.05, 0) is 13.0 Å². The third kappa shape index (κ3) is 3.95. The molecule has 2 heterocycles. The molecule has 21 heavy (non-hydrogen) atoms. The molecule has 1 amide bonds. The second kappa shape index (κ2) is 6.91. The molecule has 0 atom stereocenters. The molecule has 0 spiro atoms. The van der Waals surface area contributed by atoms with Crippen LogP contribution in [0.4, 0.5) is 5.82 Å². The molecule has 0 bridgehead atoms. The number of ether oxygens (including phenoxy) is 1. The smallest absolute Gasteiger partial charge is 0.255 e. The maximum atomic E-state index is 12.4. The van der Waals surface area contributed by atoms with E-state index >= 15 is 0 Å². The summed E-state index contributed by atoms with van der Waals surface area (Å²) in [5, 5.41) is 0.470. The van der Waals surface area contributed by atoms with E-state index in [0.29, 0.717) is 49.3 Å². The maximum absolute atomic E-state index is 12.4. The van der Waals surface area contributed by atoms with Crippen LogP contribution in [0.3, 0.4) is 0 Å². The fourth-order valence-corrected chi connectivity index (χ4v) is 2.57. The lowest BCUT2D eigenvalue weighted by atomic mass is 10.2. The second-order valence-corrected chi connectivity index (χ2v) is 5.65. The predicted molar refractivity (Wildman–Crippen MR) is 84.1 cm³/mol. The number of rotatable bonds is 4. The van der Waals surface area contributed by atoms with Crippen LogP contribution in [-0.4, -0.2) is 55.7 Å². The van der Waals surface area contributed by atoms with Gasteiger partial charge in [-0.2, -0.15) is 0 Å². The number of hydrogen-bond donors (Lipinski definition) is 0. The number of aromatic nitrogens is 1. The lowest BCUT2D eigenvalue weighted by Crippen LogP contribution is -2.40. The number of carbonyl (C=O) groups excluding carboxylic acids is 1. The average Bonchev–Trinajstić information content (AvgIpc) is 2.46. The number of carbonyl (C=O) groups is 1. The van der Waals surface area contributed by atoms with Crippen LogP contribution in [0.5, 0.6) is 0 Å². The van der Waals surface area contributed by atoms with Crippen molar-refractivity contribution in [3.63, 3.8) is 0 Å². The molecule has 2 rings (SSSR count). The van der Waals surface area contributed by atoms with E-state index in [1.165, 1.54) is 0 Å². The number of pyridine rings is 1. The van der Waals surface area contributed by atoms with Crippen LogP contribution in [-0.2, 0) is 4.74 Å². The molecule has 0 aromatic carbocycles. The van der Waals surface area contributed by atoms with Gasteiger partial charge in [0, 0.05) is 32.9 Å². The summed E-state index contributed by atoms with van der Waals surface area (Å²) in [6, 6.07) is 1.68. The summed E-state index contributed by atoms with van der Waals surface area (Å²) in [5.41, 5.74) is 1.53. The zero-order valence-corrected chi connectivity index (χ0v) is 13.2. The average molecular weight is 310 g/mol. The van der Waals surface area contributed by atoms with Crippen molar-refractivity contribution in [1.82, 2.24) is 9.88 Å². The third-order valence-electron chi connectivity index (χ3n) is 3.24. The molecule has 0 saturated carbocycles. The summed E-state index contributed by atoms with van der Waals surface area (Å²) in [4.78, 5) is 20.3. The van der Waals surface area contributed by atoms with E-state index in [1.54, 1.807) is 17.2 Å². The third-order valence-corrected chi connectivity index (χ3v) is 3.51. The van der Waals surface area contributed by atoms with E-state index in [2.05, 4.69) is 11.6 Å². The highest BCUT2D eigenvalue weighted by molar-refractivity contribution is 6.33. The Morgan fingerprint density at radius 2 is 2.19 bits per heavy atom. The van der Waals surface area contributed by atoms with Gasteiger partial charge < -0.3 is 14.5 Å². The molecule has 0 unspecified atom stereocenters. The molecule has 1 saturated heterocycles.